The van der Waals surface area contributed by atoms with Gasteiger partial charge in [-0.2, -0.15) is 0 Å². The molecule has 1 aliphatic heterocycles. The molecule has 0 saturated carbocycles. The largest absolute Gasteiger partial charge is 0.372 e. The molecule has 0 bridgehead atoms. The average molecular weight is 284 g/mol. The minimum Gasteiger partial charge on any atom is -0.372 e. The van der Waals surface area contributed by atoms with E-state index in [2.05, 4.69) is 19.6 Å². The summed E-state index contributed by atoms with van der Waals surface area (Å²) in [6.07, 6.45) is 1.28. The van der Waals surface area contributed by atoms with Crippen LogP contribution in [0, 0.1) is 0 Å². The Morgan fingerprint density at radius 1 is 1.22 bits per heavy atom. The summed E-state index contributed by atoms with van der Waals surface area (Å²) in [6, 6.07) is 10.1. The zero-order valence-corrected chi connectivity index (χ0v) is 13.2. The SMILES string of the molecule is C[Si](C)(C)OP1(=O)CC(OCc2ccccc2)C1. The van der Waals surface area contributed by atoms with Crippen LogP contribution in [-0.4, -0.2) is 26.7 Å². The van der Waals surface area contributed by atoms with Gasteiger partial charge in [0.2, 0.25) is 0 Å². The maximum absolute atomic E-state index is 12.2. The number of benzene rings is 1. The van der Waals surface area contributed by atoms with Crippen molar-refractivity contribution in [2.45, 2.75) is 32.4 Å². The van der Waals surface area contributed by atoms with E-state index < -0.39 is 15.7 Å². The van der Waals surface area contributed by atoms with E-state index in [4.69, 9.17) is 8.95 Å². The van der Waals surface area contributed by atoms with E-state index in [1.807, 2.05) is 30.3 Å². The summed E-state index contributed by atoms with van der Waals surface area (Å²) >= 11 is 0. The van der Waals surface area contributed by atoms with Crippen LogP contribution in [0.4, 0.5) is 0 Å². The molecule has 1 aromatic carbocycles. The van der Waals surface area contributed by atoms with Crippen LogP contribution in [0.25, 0.3) is 0 Å². The van der Waals surface area contributed by atoms with Gasteiger partial charge in [0.05, 0.1) is 25.0 Å². The Bertz CT molecular complexity index is 431. The van der Waals surface area contributed by atoms with Crippen molar-refractivity contribution < 1.29 is 13.5 Å². The van der Waals surface area contributed by atoms with Crippen LogP contribution < -0.4 is 0 Å². The molecule has 3 nitrogen and oxygen atoms in total. The van der Waals surface area contributed by atoms with Gasteiger partial charge >= 0.3 is 0 Å². The molecule has 2 rings (SSSR count). The average Bonchev–Trinajstić information content (AvgIpc) is 2.22. The van der Waals surface area contributed by atoms with Crippen molar-refractivity contribution in [3.63, 3.8) is 0 Å². The Labute approximate surface area is 110 Å². The third-order valence-electron chi connectivity index (χ3n) is 2.73. The minimum absolute atomic E-state index is 0.104. The molecule has 0 spiro atoms. The summed E-state index contributed by atoms with van der Waals surface area (Å²) < 4.78 is 23.7. The van der Waals surface area contributed by atoms with Crippen LogP contribution in [-0.2, 0) is 20.1 Å². The van der Waals surface area contributed by atoms with Gasteiger partial charge in [-0.05, 0) is 25.2 Å². The molecule has 1 saturated heterocycles. The van der Waals surface area contributed by atoms with Crippen molar-refractivity contribution in [3.8, 4) is 0 Å². The van der Waals surface area contributed by atoms with E-state index in [1.165, 1.54) is 0 Å². The first-order valence-corrected chi connectivity index (χ1v) is 11.7. The molecule has 100 valence electrons. The number of ether oxygens (including phenoxy) is 1. The normalized spacial score (nSPS) is 27.8. The van der Waals surface area contributed by atoms with Gasteiger partial charge in [0.1, 0.15) is 0 Å². The van der Waals surface area contributed by atoms with E-state index in [9.17, 15) is 4.57 Å². The fraction of sp³-hybridized carbons (Fsp3) is 0.538. The summed E-state index contributed by atoms with van der Waals surface area (Å²) in [5.41, 5.74) is 1.16. The van der Waals surface area contributed by atoms with Crippen LogP contribution in [0.1, 0.15) is 5.56 Å². The predicted octanol–water partition coefficient (Wildman–Crippen LogP) is 3.72. The zero-order chi connectivity index (χ0) is 13.2. The maximum atomic E-state index is 12.2. The Morgan fingerprint density at radius 3 is 2.39 bits per heavy atom. The lowest BCUT2D eigenvalue weighted by molar-refractivity contribution is 0.0553. The molecule has 18 heavy (non-hydrogen) atoms. The lowest BCUT2D eigenvalue weighted by atomic mass is 10.2. The first-order valence-electron chi connectivity index (χ1n) is 6.31. The summed E-state index contributed by atoms with van der Waals surface area (Å²) in [4.78, 5) is 0. The van der Waals surface area contributed by atoms with Gasteiger partial charge in [-0.1, -0.05) is 30.3 Å². The second kappa shape index (κ2) is 5.30. The smallest absolute Gasteiger partial charge is 0.198 e. The summed E-state index contributed by atoms with van der Waals surface area (Å²) in [5, 5.41) is 0. The zero-order valence-electron chi connectivity index (χ0n) is 11.3. The van der Waals surface area contributed by atoms with Crippen LogP contribution in [0.3, 0.4) is 0 Å². The van der Waals surface area contributed by atoms with Crippen molar-refractivity contribution in [3.05, 3.63) is 35.9 Å². The van der Waals surface area contributed by atoms with Gasteiger partial charge in [0, 0.05) is 0 Å². The van der Waals surface area contributed by atoms with Crippen molar-refractivity contribution in [2.24, 2.45) is 0 Å². The Balaban J connectivity index is 1.75. The predicted molar refractivity (Wildman–Crippen MR) is 76.8 cm³/mol. The highest BCUT2D eigenvalue weighted by Gasteiger charge is 2.44. The minimum atomic E-state index is -2.36. The number of hydrogen-bond acceptors (Lipinski definition) is 3. The van der Waals surface area contributed by atoms with Crippen LogP contribution in [0.2, 0.25) is 19.6 Å². The molecule has 1 aromatic rings. The highest BCUT2D eigenvalue weighted by Crippen LogP contribution is 2.58. The van der Waals surface area contributed by atoms with Crippen molar-refractivity contribution in [1.29, 1.82) is 0 Å². The fourth-order valence-corrected chi connectivity index (χ4v) is 7.97. The second-order valence-corrected chi connectivity index (χ2v) is 13.1. The number of hydrogen-bond donors (Lipinski definition) is 0. The first kappa shape index (κ1) is 14.0. The van der Waals surface area contributed by atoms with Gasteiger partial charge in [-0.3, -0.25) is 4.57 Å². The van der Waals surface area contributed by atoms with E-state index >= 15 is 0 Å². The van der Waals surface area contributed by atoms with Crippen LogP contribution in [0.5, 0.6) is 0 Å². The van der Waals surface area contributed by atoms with Crippen molar-refractivity contribution >= 4 is 15.7 Å². The summed E-state index contributed by atoms with van der Waals surface area (Å²) in [5.74, 6) is 0. The molecule has 1 fully saturated rings. The highest BCUT2D eigenvalue weighted by atomic mass is 31.2. The molecule has 0 radical (unpaired) electrons. The van der Waals surface area contributed by atoms with E-state index in [0.29, 0.717) is 18.9 Å². The lowest BCUT2D eigenvalue weighted by Crippen LogP contribution is -2.38. The molecule has 1 heterocycles. The second-order valence-electron chi connectivity index (χ2n) is 5.80. The van der Waals surface area contributed by atoms with E-state index in [-0.39, 0.29) is 6.10 Å². The van der Waals surface area contributed by atoms with Gasteiger partial charge < -0.3 is 8.95 Å². The van der Waals surface area contributed by atoms with Crippen LogP contribution in [0.15, 0.2) is 30.3 Å². The molecule has 1 aliphatic rings. The Kier molecular flexibility index (Phi) is 4.12. The maximum Gasteiger partial charge on any atom is 0.198 e. The Morgan fingerprint density at radius 2 is 1.83 bits per heavy atom. The number of rotatable bonds is 5. The molecule has 0 N–H and O–H groups in total. The summed E-state index contributed by atoms with van der Waals surface area (Å²) in [7, 11) is -4.05. The molecule has 0 unspecified atom stereocenters. The quantitative estimate of drug-likeness (QED) is 0.610. The lowest BCUT2D eigenvalue weighted by Gasteiger charge is -2.38. The molecule has 0 aliphatic carbocycles. The molecule has 0 amide bonds. The van der Waals surface area contributed by atoms with E-state index in [1.54, 1.807) is 0 Å². The molecular formula is C13H21O3PSi. The van der Waals surface area contributed by atoms with Gasteiger partial charge in [-0.15, -0.1) is 0 Å². The van der Waals surface area contributed by atoms with Crippen molar-refractivity contribution in [1.82, 2.24) is 0 Å². The monoisotopic (exact) mass is 284 g/mol. The van der Waals surface area contributed by atoms with E-state index in [0.717, 1.165) is 5.56 Å². The van der Waals surface area contributed by atoms with Gasteiger partial charge in [0.25, 0.3) is 0 Å². The molecular weight excluding hydrogens is 263 g/mol. The first-order chi connectivity index (χ1) is 8.36. The highest BCUT2D eigenvalue weighted by molar-refractivity contribution is 7.62. The third kappa shape index (κ3) is 4.06. The molecule has 5 heteroatoms. The molecule has 0 atom stereocenters. The van der Waals surface area contributed by atoms with Crippen molar-refractivity contribution in [2.75, 3.05) is 12.3 Å². The fourth-order valence-electron chi connectivity index (χ4n) is 2.03. The third-order valence-corrected chi connectivity index (χ3v) is 8.18. The molecule has 0 aromatic heterocycles. The van der Waals surface area contributed by atoms with Gasteiger partial charge in [-0.25, -0.2) is 0 Å². The van der Waals surface area contributed by atoms with Crippen LogP contribution >= 0.6 is 7.37 Å². The van der Waals surface area contributed by atoms with Gasteiger partial charge in [0.15, 0.2) is 15.7 Å². The Hall–Kier alpha value is -0.413. The topological polar surface area (TPSA) is 35.5 Å². The summed E-state index contributed by atoms with van der Waals surface area (Å²) in [6.45, 7) is 6.82. The standard InChI is InChI=1S/C13H21O3PSi/c1-18(2,3)16-17(14)10-13(11-17)15-9-12-7-5-4-6-8-12/h4-8,13H,9-11H2,1-3H3.